The molecular weight excluding hydrogens is 298 g/mol. The van der Waals surface area contributed by atoms with Crippen molar-refractivity contribution in [3.8, 4) is 0 Å². The van der Waals surface area contributed by atoms with E-state index in [1.54, 1.807) is 18.3 Å². The van der Waals surface area contributed by atoms with Crippen molar-refractivity contribution in [2.45, 2.75) is 37.0 Å². The number of hydrogen-bond donors (Lipinski definition) is 2. The number of sulfone groups is 1. The molecule has 0 radical (unpaired) electrons. The Morgan fingerprint density at radius 1 is 1.50 bits per heavy atom. The van der Waals surface area contributed by atoms with E-state index in [0.717, 1.165) is 19.3 Å². The molecule has 1 fully saturated rings. The molecule has 1 heterocycles. The molecule has 112 valence electrons. The van der Waals surface area contributed by atoms with Crippen molar-refractivity contribution >= 4 is 21.4 Å². The van der Waals surface area contributed by atoms with Crippen molar-refractivity contribution in [1.29, 1.82) is 0 Å². The fraction of sp³-hybridized carbons (Fsp3) is 0.615. The number of aromatic nitrogens is 1. The first-order valence-electron chi connectivity index (χ1n) is 6.69. The first-order valence-corrected chi connectivity index (χ1v) is 9.02. The van der Waals surface area contributed by atoms with Gasteiger partial charge in [-0.2, -0.15) is 0 Å². The molecule has 5 nitrogen and oxygen atoms in total. The molecule has 0 bridgehead atoms. The number of nitrogens with one attached hydrogen (secondary N) is 1. The number of hydrogen-bond acceptors (Lipinski definition) is 5. The molecule has 1 saturated carbocycles. The molecule has 1 aromatic rings. The van der Waals surface area contributed by atoms with Gasteiger partial charge in [-0.15, -0.1) is 0 Å². The number of nitrogens with two attached hydrogens (primary N) is 1. The number of pyridine rings is 1. The van der Waals surface area contributed by atoms with Crippen molar-refractivity contribution in [3.05, 3.63) is 29.0 Å². The minimum Gasteiger partial charge on any atom is -0.271 e. The summed E-state index contributed by atoms with van der Waals surface area (Å²) in [5.41, 5.74) is 3.45. The van der Waals surface area contributed by atoms with Crippen LogP contribution in [-0.2, 0) is 9.84 Å². The topological polar surface area (TPSA) is 85.1 Å². The van der Waals surface area contributed by atoms with E-state index in [1.165, 1.54) is 6.26 Å². The Morgan fingerprint density at radius 2 is 2.25 bits per heavy atom. The van der Waals surface area contributed by atoms with Gasteiger partial charge < -0.3 is 0 Å². The molecule has 3 N–H and O–H groups in total. The lowest BCUT2D eigenvalue weighted by Gasteiger charge is -2.33. The van der Waals surface area contributed by atoms with Gasteiger partial charge in [-0.3, -0.25) is 16.3 Å². The highest BCUT2D eigenvalue weighted by Gasteiger charge is 2.34. The normalized spacial score (nSPS) is 25.4. The number of hydrazine groups is 1. The number of rotatable bonds is 4. The molecule has 2 rings (SSSR count). The number of nitrogens with zero attached hydrogens (tertiary/aromatic N) is 1. The van der Waals surface area contributed by atoms with E-state index in [2.05, 4.69) is 10.4 Å². The Hall–Kier alpha value is -0.690. The molecule has 0 amide bonds. The predicted octanol–water partition coefficient (Wildman–Crippen LogP) is 1.84. The Morgan fingerprint density at radius 3 is 2.85 bits per heavy atom. The van der Waals surface area contributed by atoms with Gasteiger partial charge in [-0.05, 0) is 37.3 Å². The van der Waals surface area contributed by atoms with Crippen LogP contribution in [0.3, 0.4) is 0 Å². The third kappa shape index (κ3) is 3.49. The summed E-state index contributed by atoms with van der Waals surface area (Å²) in [6.07, 6.45) is 6.10. The highest BCUT2D eigenvalue weighted by molar-refractivity contribution is 7.91. The van der Waals surface area contributed by atoms with Gasteiger partial charge in [-0.1, -0.05) is 18.0 Å². The molecular formula is C13H20ClN3O2S. The fourth-order valence-electron chi connectivity index (χ4n) is 2.94. The standard InChI is InChI=1S/C13H20ClN3O2S/c1-20(18,19)10-5-2-4-9(8-10)12(17-15)13-11(14)6-3-7-16-13/h3,6-7,9-10,12,17H,2,4-5,8,15H2,1H3. The maximum absolute atomic E-state index is 11.8. The summed E-state index contributed by atoms with van der Waals surface area (Å²) < 4.78 is 23.5. The van der Waals surface area contributed by atoms with Gasteiger partial charge in [0, 0.05) is 12.5 Å². The minimum atomic E-state index is -3.01. The SMILES string of the molecule is CS(=O)(=O)C1CCCC(C(NN)c2ncccc2Cl)C1. The van der Waals surface area contributed by atoms with Gasteiger partial charge in [0.15, 0.2) is 0 Å². The quantitative estimate of drug-likeness (QED) is 0.654. The second-order valence-electron chi connectivity index (χ2n) is 5.39. The molecule has 20 heavy (non-hydrogen) atoms. The Bertz CT molecular complexity index is 564. The van der Waals surface area contributed by atoms with Gasteiger partial charge in [0.25, 0.3) is 0 Å². The van der Waals surface area contributed by atoms with Crippen molar-refractivity contribution in [2.24, 2.45) is 11.8 Å². The number of halogens is 1. The van der Waals surface area contributed by atoms with E-state index in [1.807, 2.05) is 0 Å². The van der Waals surface area contributed by atoms with Crippen LogP contribution in [0.2, 0.25) is 5.02 Å². The summed E-state index contributed by atoms with van der Waals surface area (Å²) in [6, 6.07) is 3.32. The van der Waals surface area contributed by atoms with Crippen LogP contribution in [0.25, 0.3) is 0 Å². The van der Waals surface area contributed by atoms with E-state index < -0.39 is 9.84 Å². The summed E-state index contributed by atoms with van der Waals surface area (Å²) in [7, 11) is -3.01. The van der Waals surface area contributed by atoms with E-state index >= 15 is 0 Å². The zero-order chi connectivity index (χ0) is 14.8. The van der Waals surface area contributed by atoms with Gasteiger partial charge in [0.05, 0.1) is 22.0 Å². The minimum absolute atomic E-state index is 0.126. The summed E-state index contributed by atoms with van der Waals surface area (Å²) in [5, 5.41) is 0.261. The van der Waals surface area contributed by atoms with Crippen LogP contribution in [0.1, 0.15) is 37.4 Å². The molecule has 0 saturated heterocycles. The molecule has 3 atom stereocenters. The third-order valence-corrected chi connectivity index (χ3v) is 5.96. The zero-order valence-corrected chi connectivity index (χ0v) is 13.0. The van der Waals surface area contributed by atoms with Crippen LogP contribution in [-0.4, -0.2) is 24.9 Å². The van der Waals surface area contributed by atoms with Crippen molar-refractivity contribution in [1.82, 2.24) is 10.4 Å². The molecule has 0 aliphatic heterocycles. The molecule has 7 heteroatoms. The van der Waals surface area contributed by atoms with Gasteiger partial charge >= 0.3 is 0 Å². The molecule has 1 aliphatic rings. The Labute approximate surface area is 124 Å². The highest BCUT2D eigenvalue weighted by Crippen LogP contribution is 2.37. The summed E-state index contributed by atoms with van der Waals surface area (Å²) >= 11 is 6.17. The van der Waals surface area contributed by atoms with Crippen molar-refractivity contribution in [3.63, 3.8) is 0 Å². The van der Waals surface area contributed by atoms with Crippen LogP contribution in [0.15, 0.2) is 18.3 Å². The van der Waals surface area contributed by atoms with Crippen molar-refractivity contribution < 1.29 is 8.42 Å². The van der Waals surface area contributed by atoms with E-state index in [4.69, 9.17) is 17.4 Å². The van der Waals surface area contributed by atoms with Gasteiger partial charge in [-0.25, -0.2) is 8.42 Å². The third-order valence-electron chi connectivity index (χ3n) is 4.00. The lowest BCUT2D eigenvalue weighted by molar-refractivity contribution is 0.271. The average molecular weight is 318 g/mol. The molecule has 0 spiro atoms. The van der Waals surface area contributed by atoms with Gasteiger partial charge in [0.1, 0.15) is 9.84 Å². The molecule has 3 unspecified atom stereocenters. The second-order valence-corrected chi connectivity index (χ2v) is 8.13. The van der Waals surface area contributed by atoms with Crippen LogP contribution >= 0.6 is 11.6 Å². The Balaban J connectivity index is 2.22. The maximum Gasteiger partial charge on any atom is 0.150 e. The van der Waals surface area contributed by atoms with Gasteiger partial charge in [0.2, 0.25) is 0 Å². The summed E-state index contributed by atoms with van der Waals surface area (Å²) in [5.74, 6) is 5.79. The zero-order valence-electron chi connectivity index (χ0n) is 11.4. The highest BCUT2D eigenvalue weighted by atomic mass is 35.5. The second kappa shape index (κ2) is 6.39. The van der Waals surface area contributed by atoms with E-state index in [0.29, 0.717) is 17.1 Å². The molecule has 1 aliphatic carbocycles. The molecule has 1 aromatic heterocycles. The van der Waals surface area contributed by atoms with E-state index in [9.17, 15) is 8.42 Å². The lowest BCUT2D eigenvalue weighted by atomic mass is 9.82. The monoisotopic (exact) mass is 317 g/mol. The van der Waals surface area contributed by atoms with Crippen LogP contribution in [0.5, 0.6) is 0 Å². The first-order chi connectivity index (χ1) is 9.43. The van der Waals surface area contributed by atoms with Crippen molar-refractivity contribution in [2.75, 3.05) is 6.26 Å². The lowest BCUT2D eigenvalue weighted by Crippen LogP contribution is -2.39. The largest absolute Gasteiger partial charge is 0.271 e. The summed E-state index contributed by atoms with van der Waals surface area (Å²) in [4.78, 5) is 4.29. The van der Waals surface area contributed by atoms with E-state index in [-0.39, 0.29) is 17.2 Å². The summed E-state index contributed by atoms with van der Waals surface area (Å²) in [6.45, 7) is 0. The molecule has 0 aromatic carbocycles. The first kappa shape index (κ1) is 15.7. The Kier molecular flexibility index (Phi) is 5.01. The predicted molar refractivity (Wildman–Crippen MR) is 79.9 cm³/mol. The van der Waals surface area contributed by atoms with Crippen LogP contribution < -0.4 is 11.3 Å². The van der Waals surface area contributed by atoms with Crippen LogP contribution in [0, 0.1) is 5.92 Å². The van der Waals surface area contributed by atoms with Crippen LogP contribution in [0.4, 0.5) is 0 Å². The maximum atomic E-state index is 11.8. The fourth-order valence-corrected chi connectivity index (χ4v) is 4.37. The average Bonchev–Trinajstić information content (AvgIpc) is 2.41. The smallest absolute Gasteiger partial charge is 0.150 e.